The number of carbonyl (C=O) groups is 2. The van der Waals surface area contributed by atoms with E-state index in [9.17, 15) is 14.0 Å². The summed E-state index contributed by atoms with van der Waals surface area (Å²) in [7, 11) is 0. The van der Waals surface area contributed by atoms with Gasteiger partial charge in [0.25, 0.3) is 11.8 Å². The molecule has 0 aliphatic heterocycles. The number of hydrogen-bond acceptors (Lipinski definition) is 5. The highest BCUT2D eigenvalue weighted by Crippen LogP contribution is 2.20. The molecule has 2 amide bonds. The van der Waals surface area contributed by atoms with Gasteiger partial charge in [0.1, 0.15) is 5.82 Å². The Morgan fingerprint density at radius 3 is 2.59 bits per heavy atom. The Balaban J connectivity index is 1.57. The van der Waals surface area contributed by atoms with Crippen molar-refractivity contribution in [3.63, 3.8) is 0 Å². The average Bonchev–Trinajstić information content (AvgIpc) is 3.36. The van der Waals surface area contributed by atoms with Crippen LogP contribution < -0.4 is 10.9 Å². The maximum Gasteiger partial charge on any atom is 0.272 e. The van der Waals surface area contributed by atoms with Gasteiger partial charge in [0, 0.05) is 10.6 Å². The summed E-state index contributed by atoms with van der Waals surface area (Å²) in [6.07, 6.45) is 1.57. The lowest BCUT2D eigenvalue weighted by molar-refractivity contribution is 0.0845. The zero-order chi connectivity index (χ0) is 20.4. The Kier molecular flexibility index (Phi) is 5.05. The number of amides is 2. The summed E-state index contributed by atoms with van der Waals surface area (Å²) in [5, 5.41) is 6.90. The van der Waals surface area contributed by atoms with Crippen LogP contribution in [0.2, 0.25) is 0 Å². The zero-order valence-electron chi connectivity index (χ0n) is 15.3. The fraction of sp³-hybridized carbons (Fsp3) is 0.100. The lowest BCUT2D eigenvalue weighted by Crippen LogP contribution is -2.42. The van der Waals surface area contributed by atoms with Gasteiger partial charge in [0.2, 0.25) is 0 Å². The van der Waals surface area contributed by atoms with E-state index in [0.717, 1.165) is 4.88 Å². The number of aryl methyl sites for hydroxylation is 1. The van der Waals surface area contributed by atoms with Gasteiger partial charge in [-0.2, -0.15) is 5.10 Å². The van der Waals surface area contributed by atoms with Crippen molar-refractivity contribution >= 4 is 34.2 Å². The van der Waals surface area contributed by atoms with Crippen LogP contribution in [0.3, 0.4) is 0 Å². The van der Waals surface area contributed by atoms with Gasteiger partial charge < -0.3 is 0 Å². The molecule has 2 N–H and O–H groups in total. The summed E-state index contributed by atoms with van der Waals surface area (Å²) in [6.45, 7) is 2.32. The second kappa shape index (κ2) is 7.80. The molecule has 0 saturated heterocycles. The number of hydrogen-bond donors (Lipinski definition) is 2. The zero-order valence-corrected chi connectivity index (χ0v) is 16.2. The minimum absolute atomic E-state index is 0.160. The summed E-state index contributed by atoms with van der Waals surface area (Å²) in [6, 6.07) is 11.1. The Hall–Kier alpha value is -3.59. The van der Waals surface area contributed by atoms with E-state index in [2.05, 4.69) is 20.9 Å². The maximum atomic E-state index is 13.7. The fourth-order valence-corrected chi connectivity index (χ4v) is 3.61. The third-order valence-electron chi connectivity index (χ3n) is 4.28. The molecule has 146 valence electrons. The number of rotatable bonds is 4. The monoisotopic (exact) mass is 409 g/mol. The third kappa shape index (κ3) is 3.85. The molecule has 0 unspecified atom stereocenters. The van der Waals surface area contributed by atoms with Gasteiger partial charge in [-0.05, 0) is 36.6 Å². The van der Waals surface area contributed by atoms with E-state index in [1.165, 1.54) is 24.3 Å². The molecule has 29 heavy (non-hydrogen) atoms. The summed E-state index contributed by atoms with van der Waals surface area (Å²) < 4.78 is 15.4. The van der Waals surface area contributed by atoms with Crippen molar-refractivity contribution < 1.29 is 14.0 Å². The first-order chi connectivity index (χ1) is 14.0. The summed E-state index contributed by atoms with van der Waals surface area (Å²) in [4.78, 5) is 30.4. The van der Waals surface area contributed by atoms with Crippen LogP contribution in [-0.2, 0) is 6.54 Å². The molecule has 0 atom stereocenters. The summed E-state index contributed by atoms with van der Waals surface area (Å²) in [5.41, 5.74) is 5.94. The van der Waals surface area contributed by atoms with Crippen molar-refractivity contribution in [2.45, 2.75) is 13.5 Å². The van der Waals surface area contributed by atoms with Crippen molar-refractivity contribution in [1.29, 1.82) is 0 Å². The fourth-order valence-electron chi connectivity index (χ4n) is 2.92. The van der Waals surface area contributed by atoms with Crippen molar-refractivity contribution in [2.24, 2.45) is 0 Å². The summed E-state index contributed by atoms with van der Waals surface area (Å²) >= 11 is 1.61. The molecule has 0 radical (unpaired) electrons. The van der Waals surface area contributed by atoms with Gasteiger partial charge in [0.05, 0.1) is 29.3 Å². The van der Waals surface area contributed by atoms with Crippen LogP contribution in [0.15, 0.2) is 54.0 Å². The van der Waals surface area contributed by atoms with Crippen LogP contribution in [0.4, 0.5) is 4.39 Å². The Bertz CT molecular complexity index is 1200. The van der Waals surface area contributed by atoms with Crippen molar-refractivity contribution in [2.75, 3.05) is 0 Å². The van der Waals surface area contributed by atoms with Crippen molar-refractivity contribution in [1.82, 2.24) is 25.6 Å². The largest absolute Gasteiger partial charge is 0.272 e. The van der Waals surface area contributed by atoms with Crippen LogP contribution in [0.5, 0.6) is 0 Å². The predicted octanol–water partition coefficient (Wildman–Crippen LogP) is 3.06. The summed E-state index contributed by atoms with van der Waals surface area (Å²) in [5.74, 6) is -1.95. The molecule has 3 aromatic heterocycles. The Labute approximate surface area is 169 Å². The molecular weight excluding hydrogens is 393 g/mol. The van der Waals surface area contributed by atoms with E-state index < -0.39 is 17.6 Å². The van der Waals surface area contributed by atoms with Crippen LogP contribution in [0.25, 0.3) is 11.0 Å². The first-order valence-electron chi connectivity index (χ1n) is 8.73. The number of aromatic nitrogens is 3. The van der Waals surface area contributed by atoms with E-state index >= 15 is 0 Å². The second-order valence-corrected chi connectivity index (χ2v) is 7.35. The highest BCUT2D eigenvalue weighted by atomic mass is 32.1. The van der Waals surface area contributed by atoms with Gasteiger partial charge in [-0.3, -0.25) is 20.4 Å². The SMILES string of the molecule is Cc1cc(C(=O)NNC(=O)c2ccccc2F)c2cnn(Cc3cccs3)c2n1. The lowest BCUT2D eigenvalue weighted by Gasteiger charge is -2.09. The van der Waals surface area contributed by atoms with Gasteiger partial charge in [0.15, 0.2) is 5.65 Å². The minimum Gasteiger partial charge on any atom is -0.267 e. The van der Waals surface area contributed by atoms with Crippen LogP contribution in [-0.4, -0.2) is 26.6 Å². The first kappa shape index (κ1) is 18.8. The molecule has 0 bridgehead atoms. The van der Waals surface area contributed by atoms with E-state index in [-0.39, 0.29) is 5.56 Å². The highest BCUT2D eigenvalue weighted by molar-refractivity contribution is 7.09. The number of nitrogens with zero attached hydrogens (tertiary/aromatic N) is 3. The number of halogens is 1. The smallest absolute Gasteiger partial charge is 0.267 e. The van der Waals surface area contributed by atoms with Crippen LogP contribution in [0, 0.1) is 12.7 Å². The number of pyridine rings is 1. The van der Waals surface area contributed by atoms with Crippen LogP contribution >= 0.6 is 11.3 Å². The number of nitrogens with one attached hydrogen (secondary N) is 2. The maximum absolute atomic E-state index is 13.7. The highest BCUT2D eigenvalue weighted by Gasteiger charge is 2.18. The van der Waals surface area contributed by atoms with E-state index in [1.54, 1.807) is 35.2 Å². The number of hydrazine groups is 1. The predicted molar refractivity (Wildman–Crippen MR) is 107 cm³/mol. The molecule has 4 aromatic rings. The van der Waals surface area contributed by atoms with E-state index in [4.69, 9.17) is 0 Å². The van der Waals surface area contributed by atoms with Gasteiger partial charge in [-0.25, -0.2) is 14.1 Å². The quantitative estimate of drug-likeness (QED) is 0.507. The number of thiophene rings is 1. The molecule has 0 saturated carbocycles. The third-order valence-corrected chi connectivity index (χ3v) is 5.14. The molecule has 0 aliphatic carbocycles. The average molecular weight is 409 g/mol. The standard InChI is InChI=1S/C20H16FN5O2S/c1-12-9-15(20(28)25-24-19(27)14-6-2-3-7-17(14)21)16-10-22-26(18(16)23-12)11-13-5-4-8-29-13/h2-10H,11H2,1H3,(H,24,27)(H,25,28). The Morgan fingerprint density at radius 2 is 1.86 bits per heavy atom. The molecular formula is C20H16FN5O2S. The number of carbonyl (C=O) groups excluding carboxylic acids is 2. The molecule has 0 spiro atoms. The van der Waals surface area contributed by atoms with Gasteiger partial charge in [-0.1, -0.05) is 18.2 Å². The van der Waals surface area contributed by atoms with Crippen molar-refractivity contribution in [3.05, 3.63) is 81.6 Å². The normalized spacial score (nSPS) is 10.8. The van der Waals surface area contributed by atoms with Gasteiger partial charge in [-0.15, -0.1) is 11.3 Å². The van der Waals surface area contributed by atoms with Crippen molar-refractivity contribution in [3.8, 4) is 0 Å². The minimum atomic E-state index is -0.744. The molecule has 3 heterocycles. The molecule has 9 heteroatoms. The van der Waals surface area contributed by atoms with E-state index in [0.29, 0.717) is 28.8 Å². The number of fused-ring (bicyclic) bond motifs is 1. The lowest BCUT2D eigenvalue weighted by atomic mass is 10.1. The number of benzene rings is 1. The first-order valence-corrected chi connectivity index (χ1v) is 9.61. The van der Waals surface area contributed by atoms with Crippen LogP contribution in [0.1, 0.15) is 31.3 Å². The Morgan fingerprint density at radius 1 is 1.10 bits per heavy atom. The van der Waals surface area contributed by atoms with E-state index in [1.807, 2.05) is 17.5 Å². The molecule has 0 aliphatic rings. The molecule has 7 nitrogen and oxygen atoms in total. The second-order valence-electron chi connectivity index (χ2n) is 6.32. The molecule has 1 aromatic carbocycles. The van der Waals surface area contributed by atoms with Gasteiger partial charge >= 0.3 is 0 Å². The topological polar surface area (TPSA) is 88.9 Å². The molecule has 0 fully saturated rings. The molecule has 4 rings (SSSR count).